The molecule has 0 unspecified atom stereocenters. The lowest BCUT2D eigenvalue weighted by molar-refractivity contribution is -0.137. The molecule has 0 aliphatic carbocycles. The number of carbonyl (C=O) groups is 1. The minimum absolute atomic E-state index is 0.0806. The average molecular weight is 286 g/mol. The molecule has 1 aliphatic rings. The van der Waals surface area contributed by atoms with Gasteiger partial charge in [0.1, 0.15) is 6.10 Å². The van der Waals surface area contributed by atoms with Gasteiger partial charge in [-0.15, -0.1) is 0 Å². The second-order valence-corrected chi connectivity index (χ2v) is 4.36. The highest BCUT2D eigenvalue weighted by Crippen LogP contribution is 2.30. The van der Waals surface area contributed by atoms with Gasteiger partial charge in [0, 0.05) is 12.3 Å². The van der Waals surface area contributed by atoms with E-state index >= 15 is 0 Å². The molecular formula is C13H13F3N2O2. The van der Waals surface area contributed by atoms with E-state index in [2.05, 4.69) is 4.98 Å². The zero-order valence-electron chi connectivity index (χ0n) is 10.7. The second-order valence-electron chi connectivity index (χ2n) is 4.36. The quantitative estimate of drug-likeness (QED) is 0.800. The van der Waals surface area contributed by atoms with Crippen LogP contribution in [0.25, 0.3) is 0 Å². The van der Waals surface area contributed by atoms with E-state index in [0.29, 0.717) is 13.1 Å². The molecule has 20 heavy (non-hydrogen) atoms. The minimum Gasteiger partial charge on any atom is -0.471 e. The molecule has 1 fully saturated rings. The first kappa shape index (κ1) is 14.4. The third-order valence-electron chi connectivity index (χ3n) is 2.82. The van der Waals surface area contributed by atoms with Crippen molar-refractivity contribution in [3.8, 4) is 5.88 Å². The third kappa shape index (κ3) is 3.28. The Balaban J connectivity index is 1.92. The highest BCUT2D eigenvalue weighted by atomic mass is 19.4. The van der Waals surface area contributed by atoms with Crippen molar-refractivity contribution in [1.82, 2.24) is 9.88 Å². The summed E-state index contributed by atoms with van der Waals surface area (Å²) in [6, 6.07) is 1.74. The molecule has 0 spiro atoms. The summed E-state index contributed by atoms with van der Waals surface area (Å²) in [5, 5.41) is 0. The molecule has 0 N–H and O–H groups in total. The van der Waals surface area contributed by atoms with Gasteiger partial charge in [-0.2, -0.15) is 13.2 Å². The van der Waals surface area contributed by atoms with Crippen LogP contribution in [-0.4, -0.2) is 35.0 Å². The van der Waals surface area contributed by atoms with E-state index in [1.165, 1.54) is 11.0 Å². The molecule has 4 nitrogen and oxygen atoms in total. The number of carbonyl (C=O) groups excluding carboxylic acids is 1. The maximum atomic E-state index is 12.5. The van der Waals surface area contributed by atoms with Crippen LogP contribution in [0, 0.1) is 0 Å². The van der Waals surface area contributed by atoms with Crippen molar-refractivity contribution in [3.63, 3.8) is 0 Å². The number of likely N-dealkylation sites (tertiary alicyclic amines) is 1. The van der Waals surface area contributed by atoms with Gasteiger partial charge < -0.3 is 9.64 Å². The lowest BCUT2D eigenvalue weighted by Crippen LogP contribution is -2.55. The van der Waals surface area contributed by atoms with Crippen LogP contribution < -0.4 is 4.74 Å². The number of halogens is 3. The monoisotopic (exact) mass is 286 g/mol. The number of ether oxygens (including phenoxy) is 1. The zero-order valence-corrected chi connectivity index (χ0v) is 10.7. The molecule has 1 aromatic heterocycles. The van der Waals surface area contributed by atoms with Crippen molar-refractivity contribution >= 4 is 5.91 Å². The molecule has 1 amide bonds. The molecule has 0 bridgehead atoms. The molecule has 0 saturated carbocycles. The fourth-order valence-corrected chi connectivity index (χ4v) is 1.76. The zero-order chi connectivity index (χ0) is 14.8. The predicted molar refractivity (Wildman–Crippen MR) is 65.0 cm³/mol. The molecule has 0 aromatic carbocycles. The summed E-state index contributed by atoms with van der Waals surface area (Å²) in [5.41, 5.74) is -0.802. The molecule has 2 rings (SSSR count). The Bertz CT molecular complexity index is 523. The largest absolute Gasteiger partial charge is 0.471 e. The van der Waals surface area contributed by atoms with Crippen molar-refractivity contribution in [2.45, 2.75) is 19.2 Å². The topological polar surface area (TPSA) is 42.4 Å². The van der Waals surface area contributed by atoms with Crippen LogP contribution in [0.15, 0.2) is 30.5 Å². The van der Waals surface area contributed by atoms with Gasteiger partial charge in [0.2, 0.25) is 11.8 Å². The summed E-state index contributed by atoms with van der Waals surface area (Å²) >= 11 is 0. The van der Waals surface area contributed by atoms with Gasteiger partial charge in [-0.05, 0) is 19.1 Å². The molecule has 1 aliphatic heterocycles. The molecule has 7 heteroatoms. The smallest absolute Gasteiger partial charge is 0.416 e. The summed E-state index contributed by atoms with van der Waals surface area (Å²) in [5.74, 6) is -0.215. The van der Waals surface area contributed by atoms with Crippen LogP contribution >= 0.6 is 0 Å². The Labute approximate surface area is 113 Å². The second kappa shape index (κ2) is 5.52. The van der Waals surface area contributed by atoms with Gasteiger partial charge in [0.05, 0.1) is 18.7 Å². The standard InChI is InChI=1S/C13H13F3N2O2/c1-2-3-12(19)18-7-10(8-18)20-11-6-9(4-5-17-11)13(14,15)16/h2-6,10H,7-8H2,1H3/b3-2+. The van der Waals surface area contributed by atoms with Gasteiger partial charge in [-0.3, -0.25) is 4.79 Å². The molecule has 108 valence electrons. The highest BCUT2D eigenvalue weighted by molar-refractivity contribution is 5.88. The van der Waals surface area contributed by atoms with Gasteiger partial charge in [-0.1, -0.05) is 6.08 Å². The summed E-state index contributed by atoms with van der Waals surface area (Å²) in [4.78, 5) is 16.7. The first-order valence-corrected chi connectivity index (χ1v) is 6.01. The van der Waals surface area contributed by atoms with E-state index in [1.54, 1.807) is 13.0 Å². The number of allylic oxidation sites excluding steroid dienone is 1. The normalized spacial score (nSPS) is 16.3. The fraction of sp³-hybridized carbons (Fsp3) is 0.385. The Hall–Kier alpha value is -2.05. The molecule has 1 aromatic rings. The highest BCUT2D eigenvalue weighted by Gasteiger charge is 2.33. The number of alkyl halides is 3. The summed E-state index contributed by atoms with van der Waals surface area (Å²) in [7, 11) is 0. The average Bonchev–Trinajstić information content (AvgIpc) is 2.33. The van der Waals surface area contributed by atoms with Crippen molar-refractivity contribution in [3.05, 3.63) is 36.0 Å². The number of pyridine rings is 1. The maximum absolute atomic E-state index is 12.5. The van der Waals surface area contributed by atoms with Gasteiger partial charge in [-0.25, -0.2) is 4.98 Å². The number of hydrogen-bond acceptors (Lipinski definition) is 3. The molecule has 1 saturated heterocycles. The van der Waals surface area contributed by atoms with Gasteiger partial charge in [0.25, 0.3) is 0 Å². The SMILES string of the molecule is C/C=C/C(=O)N1CC(Oc2cc(C(F)(F)F)ccn2)C1. The lowest BCUT2D eigenvalue weighted by Gasteiger charge is -2.38. The van der Waals surface area contributed by atoms with Crippen molar-refractivity contribution in [1.29, 1.82) is 0 Å². The van der Waals surface area contributed by atoms with E-state index in [-0.39, 0.29) is 17.9 Å². The third-order valence-corrected chi connectivity index (χ3v) is 2.82. The van der Waals surface area contributed by atoms with E-state index in [0.717, 1.165) is 18.3 Å². The molecular weight excluding hydrogens is 273 g/mol. The predicted octanol–water partition coefficient (Wildman–Crippen LogP) is 2.27. The molecule has 0 radical (unpaired) electrons. The van der Waals surface area contributed by atoms with Crippen molar-refractivity contribution < 1.29 is 22.7 Å². The maximum Gasteiger partial charge on any atom is 0.416 e. The number of aromatic nitrogens is 1. The summed E-state index contributed by atoms with van der Waals surface area (Å²) in [6.45, 7) is 2.43. The first-order valence-electron chi connectivity index (χ1n) is 6.01. The number of nitrogens with zero attached hydrogens (tertiary/aromatic N) is 2. The van der Waals surface area contributed by atoms with Crippen LogP contribution in [0.1, 0.15) is 12.5 Å². The van der Waals surface area contributed by atoms with Gasteiger partial charge in [0.15, 0.2) is 0 Å². The van der Waals surface area contributed by atoms with Crippen LogP contribution in [0.4, 0.5) is 13.2 Å². The Morgan fingerprint density at radius 2 is 2.20 bits per heavy atom. The number of hydrogen-bond donors (Lipinski definition) is 0. The van der Waals surface area contributed by atoms with Crippen molar-refractivity contribution in [2.24, 2.45) is 0 Å². The number of rotatable bonds is 3. The fourth-order valence-electron chi connectivity index (χ4n) is 1.76. The van der Waals surface area contributed by atoms with Crippen LogP contribution in [0.3, 0.4) is 0 Å². The van der Waals surface area contributed by atoms with E-state index in [1.807, 2.05) is 0 Å². The van der Waals surface area contributed by atoms with Crippen molar-refractivity contribution in [2.75, 3.05) is 13.1 Å². The molecule has 2 heterocycles. The summed E-state index contributed by atoms with van der Waals surface area (Å²) in [6.07, 6.45) is -0.627. The molecule has 0 atom stereocenters. The van der Waals surface area contributed by atoms with Gasteiger partial charge >= 0.3 is 6.18 Å². The van der Waals surface area contributed by atoms with Crippen LogP contribution in [0.2, 0.25) is 0 Å². The minimum atomic E-state index is -4.42. The first-order chi connectivity index (χ1) is 9.40. The van der Waals surface area contributed by atoms with Crippen LogP contribution in [0.5, 0.6) is 5.88 Å². The summed E-state index contributed by atoms with van der Waals surface area (Å²) < 4.78 is 42.8. The van der Waals surface area contributed by atoms with E-state index in [9.17, 15) is 18.0 Å². The Kier molecular flexibility index (Phi) is 3.96. The number of amides is 1. The van der Waals surface area contributed by atoms with E-state index < -0.39 is 11.7 Å². The Morgan fingerprint density at radius 3 is 2.80 bits per heavy atom. The Morgan fingerprint density at radius 1 is 1.50 bits per heavy atom. The van der Waals surface area contributed by atoms with Crippen LogP contribution in [-0.2, 0) is 11.0 Å². The lowest BCUT2D eigenvalue weighted by atomic mass is 10.1. The van der Waals surface area contributed by atoms with E-state index in [4.69, 9.17) is 4.74 Å².